The molecule has 1 aliphatic heterocycles. The summed E-state index contributed by atoms with van der Waals surface area (Å²) in [5.41, 5.74) is 1.49. The lowest BCUT2D eigenvalue weighted by atomic mass is 10.2. The number of rotatable bonds is 5. The maximum absolute atomic E-state index is 12.3. The molecule has 2 N–H and O–H groups in total. The van der Waals surface area contributed by atoms with E-state index in [2.05, 4.69) is 26.8 Å². The third kappa shape index (κ3) is 3.06. The number of aromatic nitrogens is 1. The highest BCUT2D eigenvalue weighted by molar-refractivity contribution is 7.10. The Morgan fingerprint density at radius 3 is 3.05 bits per heavy atom. The van der Waals surface area contributed by atoms with Crippen LogP contribution in [-0.4, -0.2) is 47.9 Å². The van der Waals surface area contributed by atoms with Crippen molar-refractivity contribution in [1.29, 1.82) is 0 Å². The highest BCUT2D eigenvalue weighted by Crippen LogP contribution is 2.23. The number of anilines is 1. The molecule has 1 aromatic rings. The Kier molecular flexibility index (Phi) is 4.76. The van der Waals surface area contributed by atoms with Gasteiger partial charge in [0.05, 0.1) is 11.3 Å². The Bertz CT molecular complexity index is 446. The molecule has 1 aliphatic rings. The summed E-state index contributed by atoms with van der Waals surface area (Å²) in [4.78, 5) is 14.7. The van der Waals surface area contributed by atoms with E-state index in [1.54, 1.807) is 0 Å². The summed E-state index contributed by atoms with van der Waals surface area (Å²) in [6.45, 7) is 6.98. The maximum Gasteiger partial charge on any atom is 0.256 e. The van der Waals surface area contributed by atoms with Crippen molar-refractivity contribution in [2.24, 2.45) is 0 Å². The second-order valence-corrected chi connectivity index (χ2v) is 5.63. The summed E-state index contributed by atoms with van der Waals surface area (Å²) in [7, 11) is 1.82. The van der Waals surface area contributed by atoms with E-state index in [1.807, 2.05) is 14.0 Å². The van der Waals surface area contributed by atoms with E-state index in [1.165, 1.54) is 24.4 Å². The molecule has 1 amide bonds. The van der Waals surface area contributed by atoms with Gasteiger partial charge in [0.2, 0.25) is 0 Å². The van der Waals surface area contributed by atoms with Crippen molar-refractivity contribution in [2.45, 2.75) is 32.7 Å². The minimum atomic E-state index is -0.0152. The van der Waals surface area contributed by atoms with Gasteiger partial charge in [0.25, 0.3) is 5.91 Å². The molecule has 0 aliphatic carbocycles. The molecular formula is C13H22N4OS. The zero-order chi connectivity index (χ0) is 13.8. The van der Waals surface area contributed by atoms with Crippen LogP contribution in [0, 0.1) is 6.92 Å². The largest absolute Gasteiger partial charge is 0.378 e. The number of aryl methyl sites for hydroxylation is 1. The average molecular weight is 282 g/mol. The summed E-state index contributed by atoms with van der Waals surface area (Å²) in [5.74, 6) is -0.0152. The molecule has 1 fully saturated rings. The second kappa shape index (κ2) is 6.34. The lowest BCUT2D eigenvalue weighted by molar-refractivity contribution is 0.0941. The molecule has 19 heavy (non-hydrogen) atoms. The average Bonchev–Trinajstić information content (AvgIpc) is 3.01. The Hall–Kier alpha value is -1.14. The van der Waals surface area contributed by atoms with Gasteiger partial charge in [-0.15, -0.1) is 0 Å². The third-order valence-electron chi connectivity index (χ3n) is 3.72. The van der Waals surface area contributed by atoms with E-state index in [-0.39, 0.29) is 5.91 Å². The summed E-state index contributed by atoms with van der Waals surface area (Å²) < 4.78 is 4.23. The molecule has 1 unspecified atom stereocenters. The van der Waals surface area contributed by atoms with Crippen LogP contribution in [0.25, 0.3) is 0 Å². The molecule has 106 valence electrons. The predicted octanol–water partition coefficient (Wildman–Crippen LogP) is 1.71. The fourth-order valence-corrected chi connectivity index (χ4v) is 3.39. The standard InChI is InChI=1S/C13H22N4OS/c1-4-17-7-5-6-10(17)8-15-12(18)11-9(2)16-19-13(11)14-3/h10,14H,4-8H2,1-3H3,(H,15,18). The van der Waals surface area contributed by atoms with Gasteiger partial charge in [0, 0.05) is 19.6 Å². The summed E-state index contributed by atoms with van der Waals surface area (Å²) in [6.07, 6.45) is 2.41. The van der Waals surface area contributed by atoms with Crippen molar-refractivity contribution in [1.82, 2.24) is 14.6 Å². The Morgan fingerprint density at radius 1 is 1.58 bits per heavy atom. The first-order valence-corrected chi connectivity index (χ1v) is 7.61. The van der Waals surface area contributed by atoms with Crippen molar-refractivity contribution in [3.63, 3.8) is 0 Å². The summed E-state index contributed by atoms with van der Waals surface area (Å²) >= 11 is 1.34. The first-order valence-electron chi connectivity index (χ1n) is 6.83. The molecule has 0 aromatic carbocycles. The molecule has 2 rings (SSSR count). The molecule has 6 heteroatoms. The zero-order valence-electron chi connectivity index (χ0n) is 11.8. The third-order valence-corrected chi connectivity index (χ3v) is 4.68. The van der Waals surface area contributed by atoms with Crippen LogP contribution >= 0.6 is 11.5 Å². The van der Waals surface area contributed by atoms with Gasteiger partial charge in [-0.2, -0.15) is 4.37 Å². The molecule has 1 saturated heterocycles. The van der Waals surface area contributed by atoms with Crippen LogP contribution in [0.3, 0.4) is 0 Å². The minimum absolute atomic E-state index is 0.0152. The van der Waals surface area contributed by atoms with E-state index < -0.39 is 0 Å². The molecule has 0 saturated carbocycles. The molecule has 2 heterocycles. The number of likely N-dealkylation sites (N-methyl/N-ethyl adjacent to an activating group) is 1. The highest BCUT2D eigenvalue weighted by Gasteiger charge is 2.24. The van der Waals surface area contributed by atoms with Crippen LogP contribution in [0.1, 0.15) is 35.8 Å². The molecule has 5 nitrogen and oxygen atoms in total. The van der Waals surface area contributed by atoms with E-state index in [4.69, 9.17) is 0 Å². The van der Waals surface area contributed by atoms with Crippen LogP contribution in [0.4, 0.5) is 5.00 Å². The van der Waals surface area contributed by atoms with E-state index in [0.29, 0.717) is 11.6 Å². The first kappa shape index (κ1) is 14.3. The van der Waals surface area contributed by atoms with Crippen LogP contribution < -0.4 is 10.6 Å². The maximum atomic E-state index is 12.3. The number of carbonyl (C=O) groups is 1. The van der Waals surface area contributed by atoms with Crippen LogP contribution in [0.2, 0.25) is 0 Å². The van der Waals surface area contributed by atoms with Gasteiger partial charge >= 0.3 is 0 Å². The molecular weight excluding hydrogens is 260 g/mol. The van der Waals surface area contributed by atoms with Crippen LogP contribution in [-0.2, 0) is 0 Å². The van der Waals surface area contributed by atoms with Crippen molar-refractivity contribution in [2.75, 3.05) is 32.0 Å². The molecule has 0 radical (unpaired) electrons. The van der Waals surface area contributed by atoms with Crippen molar-refractivity contribution in [3.8, 4) is 0 Å². The zero-order valence-corrected chi connectivity index (χ0v) is 12.6. The molecule has 1 aromatic heterocycles. The van der Waals surface area contributed by atoms with Crippen LogP contribution in [0.5, 0.6) is 0 Å². The lowest BCUT2D eigenvalue weighted by Gasteiger charge is -2.22. The van der Waals surface area contributed by atoms with Crippen molar-refractivity contribution in [3.05, 3.63) is 11.3 Å². The minimum Gasteiger partial charge on any atom is -0.378 e. The Morgan fingerprint density at radius 2 is 2.37 bits per heavy atom. The number of hydrogen-bond donors (Lipinski definition) is 2. The fourth-order valence-electron chi connectivity index (χ4n) is 2.65. The number of nitrogens with one attached hydrogen (secondary N) is 2. The predicted molar refractivity (Wildman–Crippen MR) is 79.0 cm³/mol. The number of nitrogens with zero attached hydrogens (tertiary/aromatic N) is 2. The SMILES string of the molecule is CCN1CCCC1CNC(=O)c1c(C)nsc1NC. The van der Waals surface area contributed by atoms with Gasteiger partial charge in [0.1, 0.15) is 5.00 Å². The van der Waals surface area contributed by atoms with Gasteiger partial charge in [-0.25, -0.2) is 0 Å². The van der Waals surface area contributed by atoms with Gasteiger partial charge in [-0.05, 0) is 44.4 Å². The summed E-state index contributed by atoms with van der Waals surface area (Å²) in [5, 5.41) is 6.92. The Balaban J connectivity index is 1.96. The van der Waals surface area contributed by atoms with Gasteiger partial charge < -0.3 is 10.6 Å². The van der Waals surface area contributed by atoms with Crippen molar-refractivity contribution < 1.29 is 4.79 Å². The summed E-state index contributed by atoms with van der Waals surface area (Å²) in [6, 6.07) is 0.485. The normalized spacial score (nSPS) is 19.6. The van der Waals surface area contributed by atoms with E-state index in [9.17, 15) is 4.79 Å². The van der Waals surface area contributed by atoms with Gasteiger partial charge in [0.15, 0.2) is 0 Å². The van der Waals surface area contributed by atoms with Crippen LogP contribution in [0.15, 0.2) is 0 Å². The smallest absolute Gasteiger partial charge is 0.256 e. The number of hydrogen-bond acceptors (Lipinski definition) is 5. The molecule has 0 bridgehead atoms. The second-order valence-electron chi connectivity index (χ2n) is 4.86. The number of amides is 1. The topological polar surface area (TPSA) is 57.3 Å². The monoisotopic (exact) mass is 282 g/mol. The lowest BCUT2D eigenvalue weighted by Crippen LogP contribution is -2.40. The number of likely N-dealkylation sites (tertiary alicyclic amines) is 1. The molecule has 0 spiro atoms. The number of carbonyl (C=O) groups excluding carboxylic acids is 1. The first-order chi connectivity index (χ1) is 9.17. The quantitative estimate of drug-likeness (QED) is 0.863. The highest BCUT2D eigenvalue weighted by atomic mass is 32.1. The van der Waals surface area contributed by atoms with E-state index >= 15 is 0 Å². The molecule has 1 atom stereocenters. The Labute approximate surface area is 118 Å². The fraction of sp³-hybridized carbons (Fsp3) is 0.692. The van der Waals surface area contributed by atoms with Crippen molar-refractivity contribution >= 4 is 22.4 Å². The van der Waals surface area contributed by atoms with Gasteiger partial charge in [-0.3, -0.25) is 9.69 Å². The van der Waals surface area contributed by atoms with E-state index in [0.717, 1.165) is 30.3 Å². The van der Waals surface area contributed by atoms with Gasteiger partial charge in [-0.1, -0.05) is 6.92 Å².